The van der Waals surface area contributed by atoms with Crippen LogP contribution in [0.1, 0.15) is 50.5 Å². The molecule has 1 aromatic heterocycles. The van der Waals surface area contributed by atoms with Gasteiger partial charge in [0.1, 0.15) is 5.75 Å². The van der Waals surface area contributed by atoms with Crippen molar-refractivity contribution in [3.8, 4) is 16.9 Å². The Morgan fingerprint density at radius 3 is 2.61 bits per heavy atom. The van der Waals surface area contributed by atoms with Crippen molar-refractivity contribution < 1.29 is 23.4 Å². The molecule has 1 aliphatic carbocycles. The van der Waals surface area contributed by atoms with Crippen molar-refractivity contribution in [2.45, 2.75) is 68.2 Å². The SMILES string of the molecule is CN(CCCC(O)CSc1c(-c2cc(Cl)ccc2O)c2cc(C(F)(F)F)ccc2[nH]c1=O)C1CCCCC1. The van der Waals surface area contributed by atoms with Crippen LogP contribution in [-0.4, -0.2) is 51.6 Å². The molecule has 1 aliphatic rings. The predicted molar refractivity (Wildman–Crippen MR) is 147 cm³/mol. The Kier molecular flexibility index (Phi) is 9.34. The fraction of sp³-hybridized carbons (Fsp3) is 0.464. The van der Waals surface area contributed by atoms with Gasteiger partial charge in [-0.05, 0) is 75.7 Å². The summed E-state index contributed by atoms with van der Waals surface area (Å²) in [7, 11) is 2.12. The van der Waals surface area contributed by atoms with Crippen LogP contribution in [0.15, 0.2) is 46.1 Å². The van der Waals surface area contributed by atoms with Crippen molar-refractivity contribution in [1.82, 2.24) is 9.88 Å². The number of aromatic hydroxyl groups is 1. The molecule has 4 rings (SSSR count). The number of halogens is 4. The quantitative estimate of drug-likeness (QED) is 0.241. The second kappa shape index (κ2) is 12.3. The summed E-state index contributed by atoms with van der Waals surface area (Å²) < 4.78 is 40.6. The summed E-state index contributed by atoms with van der Waals surface area (Å²) >= 11 is 7.22. The Labute approximate surface area is 229 Å². The van der Waals surface area contributed by atoms with Crippen molar-refractivity contribution in [1.29, 1.82) is 0 Å². The summed E-state index contributed by atoms with van der Waals surface area (Å²) in [6, 6.07) is 7.87. The van der Waals surface area contributed by atoms with Crippen molar-refractivity contribution in [2.75, 3.05) is 19.3 Å². The lowest BCUT2D eigenvalue weighted by atomic mass is 9.94. The van der Waals surface area contributed by atoms with Crippen LogP contribution >= 0.6 is 23.4 Å². The maximum absolute atomic E-state index is 13.5. The minimum absolute atomic E-state index is 0.118. The molecular formula is C28H32ClF3N2O3S. The number of thioether (sulfide) groups is 1. The van der Waals surface area contributed by atoms with Gasteiger partial charge in [-0.1, -0.05) is 30.9 Å². The third kappa shape index (κ3) is 6.86. The van der Waals surface area contributed by atoms with E-state index in [0.717, 1.165) is 36.9 Å². The molecule has 1 atom stereocenters. The molecule has 1 saturated carbocycles. The second-order valence-electron chi connectivity index (χ2n) is 9.96. The number of hydrogen-bond donors (Lipinski definition) is 3. The third-order valence-corrected chi connectivity index (χ3v) is 8.66. The zero-order valence-electron chi connectivity index (χ0n) is 21.2. The van der Waals surface area contributed by atoms with Crippen LogP contribution in [0.4, 0.5) is 13.2 Å². The van der Waals surface area contributed by atoms with E-state index in [0.29, 0.717) is 12.5 Å². The van der Waals surface area contributed by atoms with E-state index in [9.17, 15) is 28.2 Å². The number of alkyl halides is 3. The number of hydrogen-bond acceptors (Lipinski definition) is 5. The molecule has 0 radical (unpaired) electrons. The molecular weight excluding hydrogens is 537 g/mol. The van der Waals surface area contributed by atoms with Crippen LogP contribution in [0.5, 0.6) is 5.75 Å². The average Bonchev–Trinajstić information content (AvgIpc) is 2.88. The van der Waals surface area contributed by atoms with E-state index in [2.05, 4.69) is 16.9 Å². The van der Waals surface area contributed by atoms with E-state index in [-0.39, 0.29) is 43.5 Å². The summed E-state index contributed by atoms with van der Waals surface area (Å²) in [4.78, 5) is 18.2. The fourth-order valence-electron chi connectivity index (χ4n) is 5.11. The Bertz CT molecular complexity index is 1330. The molecule has 0 bridgehead atoms. The number of aromatic nitrogens is 1. The highest BCUT2D eigenvalue weighted by atomic mass is 35.5. The lowest BCUT2D eigenvalue weighted by Crippen LogP contribution is -2.34. The smallest absolute Gasteiger partial charge is 0.416 e. The Morgan fingerprint density at radius 1 is 1.16 bits per heavy atom. The van der Waals surface area contributed by atoms with Crippen molar-refractivity contribution in [2.24, 2.45) is 0 Å². The number of aromatic amines is 1. The first-order valence-electron chi connectivity index (χ1n) is 12.8. The van der Waals surface area contributed by atoms with Crippen LogP contribution in [0.2, 0.25) is 5.02 Å². The number of phenolic OH excluding ortho intramolecular Hbond substituents is 1. The summed E-state index contributed by atoms with van der Waals surface area (Å²) in [5.41, 5.74) is -0.880. The molecule has 0 spiro atoms. The number of benzene rings is 2. The Hall–Kier alpha value is -2.20. The van der Waals surface area contributed by atoms with Crippen molar-refractivity contribution >= 4 is 34.3 Å². The van der Waals surface area contributed by atoms with Crippen molar-refractivity contribution in [3.05, 3.63) is 57.3 Å². The molecule has 0 amide bonds. The highest BCUT2D eigenvalue weighted by Gasteiger charge is 2.31. The van der Waals surface area contributed by atoms with Gasteiger partial charge in [0.15, 0.2) is 0 Å². The first-order valence-corrected chi connectivity index (χ1v) is 14.2. The van der Waals surface area contributed by atoms with Gasteiger partial charge in [-0.25, -0.2) is 0 Å². The number of fused-ring (bicyclic) bond motifs is 1. The van der Waals surface area contributed by atoms with E-state index >= 15 is 0 Å². The topological polar surface area (TPSA) is 76.6 Å². The second-order valence-corrected chi connectivity index (χ2v) is 11.4. The van der Waals surface area contributed by atoms with E-state index in [1.54, 1.807) is 0 Å². The number of aliphatic hydroxyl groups is 1. The number of nitrogens with zero attached hydrogens (tertiary/aromatic N) is 1. The molecule has 1 fully saturated rings. The Balaban J connectivity index is 1.59. The zero-order valence-corrected chi connectivity index (χ0v) is 22.7. The highest BCUT2D eigenvalue weighted by Crippen LogP contribution is 2.42. The Morgan fingerprint density at radius 2 is 1.89 bits per heavy atom. The van der Waals surface area contributed by atoms with E-state index < -0.39 is 23.4 Å². The number of rotatable bonds is 9. The third-order valence-electron chi connectivity index (χ3n) is 7.19. The largest absolute Gasteiger partial charge is 0.507 e. The lowest BCUT2D eigenvalue weighted by molar-refractivity contribution is -0.137. The highest BCUT2D eigenvalue weighted by molar-refractivity contribution is 7.99. The maximum Gasteiger partial charge on any atom is 0.416 e. The van der Waals surface area contributed by atoms with Gasteiger partial charge >= 0.3 is 6.18 Å². The van der Waals surface area contributed by atoms with Gasteiger partial charge in [0.25, 0.3) is 5.56 Å². The molecule has 2 aromatic carbocycles. The summed E-state index contributed by atoms with van der Waals surface area (Å²) in [6.07, 6.45) is 2.23. The van der Waals surface area contributed by atoms with Gasteiger partial charge in [-0.2, -0.15) is 13.2 Å². The van der Waals surface area contributed by atoms with Crippen LogP contribution in [-0.2, 0) is 6.18 Å². The number of phenols is 1. The van der Waals surface area contributed by atoms with E-state index in [1.165, 1.54) is 56.4 Å². The minimum atomic E-state index is -4.59. The molecule has 0 aliphatic heterocycles. The molecule has 0 saturated heterocycles. The number of nitrogens with one attached hydrogen (secondary N) is 1. The predicted octanol–water partition coefficient (Wildman–Crippen LogP) is 7.07. The minimum Gasteiger partial charge on any atom is -0.507 e. The fourth-order valence-corrected chi connectivity index (χ4v) is 6.35. The molecule has 1 unspecified atom stereocenters. The molecule has 5 nitrogen and oxygen atoms in total. The monoisotopic (exact) mass is 568 g/mol. The first-order chi connectivity index (χ1) is 18.0. The van der Waals surface area contributed by atoms with E-state index in [4.69, 9.17) is 11.6 Å². The molecule has 1 heterocycles. The lowest BCUT2D eigenvalue weighted by Gasteiger charge is -2.31. The first kappa shape index (κ1) is 28.8. The molecule has 206 valence electrons. The van der Waals surface area contributed by atoms with Crippen LogP contribution in [0.3, 0.4) is 0 Å². The van der Waals surface area contributed by atoms with E-state index in [1.807, 2.05) is 0 Å². The number of pyridine rings is 1. The number of aliphatic hydroxyl groups excluding tert-OH is 1. The molecule has 38 heavy (non-hydrogen) atoms. The zero-order chi connectivity index (χ0) is 27.4. The average molecular weight is 569 g/mol. The summed E-state index contributed by atoms with van der Waals surface area (Å²) in [5.74, 6) is -0.0403. The number of H-pyrrole nitrogens is 1. The van der Waals surface area contributed by atoms with Crippen LogP contribution in [0.25, 0.3) is 22.0 Å². The van der Waals surface area contributed by atoms with Gasteiger partial charge in [0.05, 0.1) is 16.6 Å². The van der Waals surface area contributed by atoms with Crippen LogP contribution in [0, 0.1) is 0 Å². The maximum atomic E-state index is 13.5. The van der Waals surface area contributed by atoms with Gasteiger partial charge in [0.2, 0.25) is 0 Å². The summed E-state index contributed by atoms with van der Waals surface area (Å²) in [6.45, 7) is 0.866. The van der Waals surface area contributed by atoms with Gasteiger partial charge in [-0.3, -0.25) is 4.79 Å². The molecule has 3 aromatic rings. The van der Waals surface area contributed by atoms with Crippen molar-refractivity contribution in [3.63, 3.8) is 0 Å². The van der Waals surface area contributed by atoms with Gasteiger partial charge in [0, 0.05) is 38.8 Å². The normalized spacial score (nSPS) is 15.9. The van der Waals surface area contributed by atoms with Gasteiger partial charge in [-0.15, -0.1) is 11.8 Å². The standard InChI is InChI=1S/C28H32ClF3N2O3S/c1-34(19-6-3-2-4-7-19)13-5-8-20(35)16-38-26-25(22-15-18(29)10-12-24(22)36)21-14-17(28(30,31)32)9-11-23(21)33-27(26)37/h9-12,14-15,19-20,35-36H,2-8,13,16H2,1H3,(H,33,37). The van der Waals surface area contributed by atoms with Gasteiger partial charge < -0.3 is 20.1 Å². The summed E-state index contributed by atoms with van der Waals surface area (Å²) in [5, 5.41) is 21.7. The molecule has 3 N–H and O–H groups in total. The van der Waals surface area contributed by atoms with Crippen LogP contribution < -0.4 is 5.56 Å². The molecule has 10 heteroatoms.